The van der Waals surface area contributed by atoms with Crippen LogP contribution in [0.3, 0.4) is 0 Å². The Balaban J connectivity index is 2.12. The first-order valence-corrected chi connectivity index (χ1v) is 7.43. The van der Waals surface area contributed by atoms with Crippen LogP contribution in [-0.4, -0.2) is 8.42 Å². The Kier molecular flexibility index (Phi) is 4.09. The molecule has 0 aliphatic rings. The summed E-state index contributed by atoms with van der Waals surface area (Å²) in [5, 5.41) is 0.495. The van der Waals surface area contributed by atoms with Gasteiger partial charge in [0.05, 0.1) is 4.90 Å². The fourth-order valence-corrected chi connectivity index (χ4v) is 2.72. The molecule has 0 aliphatic heterocycles. The van der Waals surface area contributed by atoms with Crippen LogP contribution in [0.4, 0.5) is 5.69 Å². The molecule has 0 amide bonds. The van der Waals surface area contributed by atoms with Gasteiger partial charge >= 0.3 is 0 Å². The molecular formula is C13H13ClN2O2S. The zero-order valence-corrected chi connectivity index (χ0v) is 11.6. The van der Waals surface area contributed by atoms with Crippen LogP contribution in [0.5, 0.6) is 0 Å². The summed E-state index contributed by atoms with van der Waals surface area (Å²) >= 11 is 5.72. The fourth-order valence-electron chi connectivity index (χ4n) is 1.58. The third kappa shape index (κ3) is 3.70. The molecule has 0 atom stereocenters. The molecule has 0 spiro atoms. The molecular weight excluding hydrogens is 284 g/mol. The number of halogens is 1. The van der Waals surface area contributed by atoms with Gasteiger partial charge in [0.2, 0.25) is 10.0 Å². The molecule has 2 aromatic rings. The molecule has 2 rings (SSSR count). The van der Waals surface area contributed by atoms with Gasteiger partial charge in [0.1, 0.15) is 0 Å². The van der Waals surface area contributed by atoms with Crippen molar-refractivity contribution in [2.24, 2.45) is 0 Å². The first kappa shape index (κ1) is 13.9. The molecule has 2 aromatic carbocycles. The van der Waals surface area contributed by atoms with Crippen molar-refractivity contribution in [1.29, 1.82) is 0 Å². The zero-order chi connectivity index (χ0) is 13.9. The normalized spacial score (nSPS) is 11.4. The SMILES string of the molecule is Nc1cccc(CNS(=O)(=O)c2ccc(Cl)cc2)c1. The smallest absolute Gasteiger partial charge is 0.240 e. The third-order valence-corrected chi connectivity index (χ3v) is 4.21. The molecule has 0 heterocycles. The fraction of sp³-hybridized carbons (Fsp3) is 0.0769. The molecule has 0 fully saturated rings. The van der Waals surface area contributed by atoms with Crippen molar-refractivity contribution in [2.75, 3.05) is 5.73 Å². The topological polar surface area (TPSA) is 72.2 Å². The Bertz CT molecular complexity index is 669. The minimum absolute atomic E-state index is 0.181. The summed E-state index contributed by atoms with van der Waals surface area (Å²) in [4.78, 5) is 0.181. The Morgan fingerprint density at radius 2 is 1.79 bits per heavy atom. The van der Waals surface area contributed by atoms with E-state index in [0.29, 0.717) is 10.7 Å². The molecule has 19 heavy (non-hydrogen) atoms. The van der Waals surface area contributed by atoms with Crippen LogP contribution >= 0.6 is 11.6 Å². The lowest BCUT2D eigenvalue weighted by Crippen LogP contribution is -2.23. The molecule has 0 unspecified atom stereocenters. The maximum atomic E-state index is 12.0. The van der Waals surface area contributed by atoms with Gasteiger partial charge < -0.3 is 5.73 Å². The Labute approximate surface area is 117 Å². The van der Waals surface area contributed by atoms with Gasteiger partial charge in [-0.2, -0.15) is 0 Å². The second-order valence-corrected chi connectivity index (χ2v) is 6.23. The first-order chi connectivity index (χ1) is 8.97. The number of nitrogen functional groups attached to an aromatic ring is 1. The zero-order valence-electron chi connectivity index (χ0n) is 10.0. The largest absolute Gasteiger partial charge is 0.399 e. The van der Waals surface area contributed by atoms with Gasteiger partial charge in [0, 0.05) is 17.3 Å². The van der Waals surface area contributed by atoms with E-state index >= 15 is 0 Å². The lowest BCUT2D eigenvalue weighted by atomic mass is 10.2. The van der Waals surface area contributed by atoms with Crippen molar-refractivity contribution < 1.29 is 8.42 Å². The van der Waals surface area contributed by atoms with Gasteiger partial charge in [-0.1, -0.05) is 23.7 Å². The van der Waals surface area contributed by atoms with Crippen LogP contribution in [0.2, 0.25) is 5.02 Å². The van der Waals surface area contributed by atoms with Crippen LogP contribution in [-0.2, 0) is 16.6 Å². The summed E-state index contributed by atoms with van der Waals surface area (Å²) in [7, 11) is -3.54. The molecule has 0 aromatic heterocycles. The molecule has 0 radical (unpaired) electrons. The molecule has 3 N–H and O–H groups in total. The van der Waals surface area contributed by atoms with Crippen LogP contribution < -0.4 is 10.5 Å². The lowest BCUT2D eigenvalue weighted by molar-refractivity contribution is 0.581. The van der Waals surface area contributed by atoms with E-state index in [2.05, 4.69) is 4.72 Å². The monoisotopic (exact) mass is 296 g/mol. The summed E-state index contributed by atoms with van der Waals surface area (Å²) < 4.78 is 26.5. The standard InChI is InChI=1S/C13H13ClN2O2S/c14-11-4-6-13(7-5-11)19(17,18)16-9-10-2-1-3-12(15)8-10/h1-8,16H,9,15H2. The second-order valence-electron chi connectivity index (χ2n) is 4.02. The van der Waals surface area contributed by atoms with Crippen molar-refractivity contribution in [2.45, 2.75) is 11.4 Å². The van der Waals surface area contributed by atoms with Gasteiger partial charge in [0.25, 0.3) is 0 Å². The maximum Gasteiger partial charge on any atom is 0.240 e. The second kappa shape index (κ2) is 5.61. The van der Waals surface area contributed by atoms with Crippen LogP contribution in [0.15, 0.2) is 53.4 Å². The molecule has 0 bridgehead atoms. The van der Waals surface area contributed by atoms with E-state index in [1.807, 2.05) is 0 Å². The van der Waals surface area contributed by atoms with E-state index in [9.17, 15) is 8.42 Å². The summed E-state index contributed by atoms with van der Waals surface area (Å²) in [6.07, 6.45) is 0. The highest BCUT2D eigenvalue weighted by molar-refractivity contribution is 7.89. The lowest BCUT2D eigenvalue weighted by Gasteiger charge is -2.07. The predicted molar refractivity (Wildman–Crippen MR) is 76.3 cm³/mol. The van der Waals surface area contributed by atoms with E-state index in [-0.39, 0.29) is 11.4 Å². The van der Waals surface area contributed by atoms with Crippen molar-refractivity contribution in [3.8, 4) is 0 Å². The third-order valence-electron chi connectivity index (χ3n) is 2.54. The highest BCUT2D eigenvalue weighted by Gasteiger charge is 2.13. The van der Waals surface area contributed by atoms with Gasteiger partial charge in [-0.15, -0.1) is 0 Å². The number of hydrogen-bond donors (Lipinski definition) is 2. The van der Waals surface area contributed by atoms with Crippen molar-refractivity contribution in [3.63, 3.8) is 0 Å². The molecule has 0 saturated carbocycles. The highest BCUT2D eigenvalue weighted by atomic mass is 35.5. The molecule has 6 heteroatoms. The Morgan fingerprint density at radius 1 is 1.11 bits per heavy atom. The van der Waals surface area contributed by atoms with Gasteiger partial charge in [-0.05, 0) is 42.0 Å². The van der Waals surface area contributed by atoms with E-state index < -0.39 is 10.0 Å². The minimum atomic E-state index is -3.54. The average molecular weight is 297 g/mol. The van der Waals surface area contributed by atoms with Gasteiger partial charge in [0.15, 0.2) is 0 Å². The van der Waals surface area contributed by atoms with Crippen LogP contribution in [0.1, 0.15) is 5.56 Å². The van der Waals surface area contributed by atoms with Gasteiger partial charge in [-0.3, -0.25) is 0 Å². The van der Waals surface area contributed by atoms with Crippen LogP contribution in [0, 0.1) is 0 Å². The van der Waals surface area contributed by atoms with Crippen molar-refractivity contribution in [3.05, 3.63) is 59.1 Å². The molecule has 4 nitrogen and oxygen atoms in total. The summed E-state index contributed by atoms with van der Waals surface area (Å²) in [5.41, 5.74) is 7.04. The number of nitrogens with two attached hydrogens (primary N) is 1. The van der Waals surface area contributed by atoms with Gasteiger partial charge in [-0.25, -0.2) is 13.1 Å². The van der Waals surface area contributed by atoms with E-state index in [0.717, 1.165) is 5.56 Å². The molecule has 0 aliphatic carbocycles. The number of sulfonamides is 1. The number of benzene rings is 2. The summed E-state index contributed by atoms with van der Waals surface area (Å²) in [6.45, 7) is 0.190. The molecule has 100 valence electrons. The van der Waals surface area contributed by atoms with E-state index in [4.69, 9.17) is 17.3 Å². The summed E-state index contributed by atoms with van der Waals surface area (Å²) in [6, 6.07) is 13.1. The number of nitrogens with one attached hydrogen (secondary N) is 1. The van der Waals surface area contributed by atoms with Crippen molar-refractivity contribution in [1.82, 2.24) is 4.72 Å². The van der Waals surface area contributed by atoms with E-state index in [1.54, 1.807) is 24.3 Å². The van der Waals surface area contributed by atoms with Crippen LogP contribution in [0.25, 0.3) is 0 Å². The average Bonchev–Trinajstić information content (AvgIpc) is 2.37. The molecule has 0 saturated heterocycles. The quantitative estimate of drug-likeness (QED) is 0.851. The Hall–Kier alpha value is -1.56. The van der Waals surface area contributed by atoms with E-state index in [1.165, 1.54) is 24.3 Å². The maximum absolute atomic E-state index is 12.0. The number of rotatable bonds is 4. The Morgan fingerprint density at radius 3 is 2.42 bits per heavy atom. The highest BCUT2D eigenvalue weighted by Crippen LogP contribution is 2.14. The first-order valence-electron chi connectivity index (χ1n) is 5.57. The number of hydrogen-bond acceptors (Lipinski definition) is 3. The number of anilines is 1. The van der Waals surface area contributed by atoms with Crippen molar-refractivity contribution >= 4 is 27.3 Å². The predicted octanol–water partition coefficient (Wildman–Crippen LogP) is 2.40. The minimum Gasteiger partial charge on any atom is -0.399 e. The summed E-state index contributed by atoms with van der Waals surface area (Å²) in [5.74, 6) is 0.